The van der Waals surface area contributed by atoms with E-state index >= 15 is 0 Å². The van der Waals surface area contributed by atoms with E-state index in [-0.39, 0.29) is 4.20 Å². The summed E-state index contributed by atoms with van der Waals surface area (Å²) in [5, 5.41) is 0. The summed E-state index contributed by atoms with van der Waals surface area (Å²) in [6, 6.07) is 0. The second-order valence-corrected chi connectivity index (χ2v) is 25.6. The standard InChI is InChI=1S/C16H33AsClNSi2/c1-12-13(2)15(4)16(5,14(12)3)17(18)19(20(6,7)8)21(9,10)11/h1-11H3. The molecule has 0 saturated heterocycles. The van der Waals surface area contributed by atoms with Crippen LogP contribution < -0.4 is 0 Å². The summed E-state index contributed by atoms with van der Waals surface area (Å²) < 4.78 is 3.00. The maximum absolute atomic E-state index is 7.36. The number of hydrogen-bond acceptors (Lipinski definition) is 1. The van der Waals surface area contributed by atoms with Gasteiger partial charge in [0, 0.05) is 0 Å². The molecule has 5 heteroatoms. The van der Waals surface area contributed by atoms with Gasteiger partial charge in [0.15, 0.2) is 0 Å². The van der Waals surface area contributed by atoms with Gasteiger partial charge in [0.2, 0.25) is 0 Å². The molecule has 21 heavy (non-hydrogen) atoms. The molecule has 1 aliphatic rings. The Kier molecular flexibility index (Phi) is 5.63. The van der Waals surface area contributed by atoms with Crippen molar-refractivity contribution in [3.63, 3.8) is 0 Å². The SMILES string of the molecule is CC1=C(C)C(C)([As](Cl)N([Si](C)(C)C)[Si](C)(C)C)C(C)=C1C. The van der Waals surface area contributed by atoms with Crippen LogP contribution in [0.1, 0.15) is 34.6 Å². The number of halogens is 1. The van der Waals surface area contributed by atoms with Gasteiger partial charge in [-0.15, -0.1) is 0 Å². The van der Waals surface area contributed by atoms with E-state index in [0.717, 1.165) is 0 Å². The predicted octanol–water partition coefficient (Wildman–Crippen LogP) is 6.13. The molecule has 1 atom stereocenters. The summed E-state index contributed by atoms with van der Waals surface area (Å²) in [6.45, 7) is 26.4. The van der Waals surface area contributed by atoms with Crippen LogP contribution in [0.2, 0.25) is 43.5 Å². The number of allylic oxidation sites excluding steroid dienone is 4. The van der Waals surface area contributed by atoms with Crippen LogP contribution in [0.15, 0.2) is 22.3 Å². The molecule has 0 amide bonds. The molecule has 0 spiro atoms. The Hall–Kier alpha value is 0.722. The Balaban J connectivity index is 3.45. The molecule has 122 valence electrons. The van der Waals surface area contributed by atoms with Gasteiger partial charge < -0.3 is 0 Å². The van der Waals surface area contributed by atoms with Gasteiger partial charge in [0.05, 0.1) is 0 Å². The second-order valence-electron chi connectivity index (χ2n) is 8.49. The Morgan fingerprint density at radius 2 is 1.10 bits per heavy atom. The zero-order valence-electron chi connectivity index (χ0n) is 15.8. The van der Waals surface area contributed by atoms with Gasteiger partial charge in [-0.25, -0.2) is 0 Å². The van der Waals surface area contributed by atoms with Gasteiger partial charge in [-0.05, 0) is 0 Å². The Bertz CT molecular complexity index is 459. The molecule has 1 unspecified atom stereocenters. The van der Waals surface area contributed by atoms with Crippen molar-refractivity contribution in [3.8, 4) is 0 Å². The minimum atomic E-state index is -1.70. The molecular formula is C16H33AsClNSi2. The third kappa shape index (κ3) is 3.33. The van der Waals surface area contributed by atoms with Gasteiger partial charge in [-0.1, -0.05) is 0 Å². The molecular weight excluding hydrogens is 373 g/mol. The summed E-state index contributed by atoms with van der Waals surface area (Å²) in [4.78, 5) is 0. The van der Waals surface area contributed by atoms with Crippen LogP contribution in [0.25, 0.3) is 0 Å². The van der Waals surface area contributed by atoms with E-state index in [4.69, 9.17) is 9.95 Å². The first-order chi connectivity index (χ1) is 9.16. The summed E-state index contributed by atoms with van der Waals surface area (Å²) in [5.74, 6) is 0. The molecule has 1 aliphatic carbocycles. The van der Waals surface area contributed by atoms with E-state index in [0.29, 0.717) is 0 Å². The summed E-state index contributed by atoms with van der Waals surface area (Å²) in [6.07, 6.45) is 0. The molecule has 0 aromatic heterocycles. The molecule has 0 bridgehead atoms. The third-order valence-corrected chi connectivity index (χ3v) is 28.7. The minimum absolute atomic E-state index is 0.114. The molecule has 0 saturated carbocycles. The van der Waals surface area contributed by atoms with Crippen molar-refractivity contribution in [2.75, 3.05) is 0 Å². The molecule has 0 aliphatic heterocycles. The number of rotatable bonds is 4. The first-order valence-corrected chi connectivity index (χ1v) is 18.9. The van der Waals surface area contributed by atoms with Crippen LogP contribution in [-0.2, 0) is 0 Å². The second kappa shape index (κ2) is 5.98. The van der Waals surface area contributed by atoms with Crippen LogP contribution in [-0.4, -0.2) is 33.6 Å². The number of hydrogen-bond donors (Lipinski definition) is 0. The summed E-state index contributed by atoms with van der Waals surface area (Å²) in [7, 11) is 4.52. The van der Waals surface area contributed by atoms with E-state index in [1.165, 1.54) is 22.3 Å². The van der Waals surface area contributed by atoms with Crippen LogP contribution in [0.3, 0.4) is 0 Å². The normalized spacial score (nSPS) is 21.6. The van der Waals surface area contributed by atoms with E-state index in [1.807, 2.05) is 0 Å². The summed E-state index contributed by atoms with van der Waals surface area (Å²) >= 11 is -1.70. The quantitative estimate of drug-likeness (QED) is 0.508. The van der Waals surface area contributed by atoms with E-state index in [2.05, 4.69) is 77.0 Å². The van der Waals surface area contributed by atoms with Crippen molar-refractivity contribution in [2.45, 2.75) is 78.1 Å². The maximum atomic E-state index is 7.36. The first-order valence-electron chi connectivity index (χ1n) is 7.79. The Labute approximate surface area is 143 Å². The van der Waals surface area contributed by atoms with E-state index in [9.17, 15) is 0 Å². The average molecular weight is 406 g/mol. The van der Waals surface area contributed by atoms with Crippen molar-refractivity contribution >= 4 is 40.4 Å². The van der Waals surface area contributed by atoms with Gasteiger partial charge in [-0.3, -0.25) is 0 Å². The fourth-order valence-electron chi connectivity index (χ4n) is 3.58. The van der Waals surface area contributed by atoms with Gasteiger partial charge in [0.1, 0.15) is 0 Å². The van der Waals surface area contributed by atoms with E-state index in [1.54, 1.807) is 0 Å². The zero-order chi connectivity index (χ0) is 17.0. The molecule has 0 N–H and O–H groups in total. The van der Waals surface area contributed by atoms with Gasteiger partial charge in [0.25, 0.3) is 0 Å². The fourth-order valence-corrected chi connectivity index (χ4v) is 32.5. The topological polar surface area (TPSA) is 3.24 Å². The average Bonchev–Trinajstić information content (AvgIpc) is 2.42. The summed E-state index contributed by atoms with van der Waals surface area (Å²) in [5.41, 5.74) is 5.99. The van der Waals surface area contributed by atoms with E-state index < -0.39 is 30.4 Å². The monoisotopic (exact) mass is 405 g/mol. The van der Waals surface area contributed by atoms with Crippen molar-refractivity contribution in [2.24, 2.45) is 0 Å². The van der Waals surface area contributed by atoms with Crippen LogP contribution in [0.5, 0.6) is 0 Å². The Morgan fingerprint density at radius 3 is 1.33 bits per heavy atom. The van der Waals surface area contributed by atoms with Gasteiger partial charge >= 0.3 is 144 Å². The van der Waals surface area contributed by atoms with Crippen molar-refractivity contribution in [1.82, 2.24) is 3.15 Å². The zero-order valence-corrected chi connectivity index (χ0v) is 20.4. The van der Waals surface area contributed by atoms with Gasteiger partial charge in [-0.2, -0.15) is 0 Å². The molecule has 0 heterocycles. The molecule has 0 fully saturated rings. The van der Waals surface area contributed by atoms with Crippen molar-refractivity contribution in [1.29, 1.82) is 0 Å². The van der Waals surface area contributed by atoms with Crippen LogP contribution in [0.4, 0.5) is 0 Å². The molecule has 0 radical (unpaired) electrons. The molecule has 1 nitrogen and oxygen atoms in total. The fraction of sp³-hybridized carbons (Fsp3) is 0.750. The Morgan fingerprint density at radius 1 is 0.810 bits per heavy atom. The third-order valence-electron chi connectivity index (χ3n) is 4.96. The first kappa shape index (κ1) is 19.8. The predicted molar refractivity (Wildman–Crippen MR) is 105 cm³/mol. The van der Waals surface area contributed by atoms with Crippen molar-refractivity contribution < 1.29 is 0 Å². The van der Waals surface area contributed by atoms with Crippen molar-refractivity contribution in [3.05, 3.63) is 22.3 Å². The van der Waals surface area contributed by atoms with Crippen LogP contribution in [0, 0.1) is 0 Å². The molecule has 0 aromatic rings. The number of nitrogens with zero attached hydrogens (tertiary/aromatic N) is 1. The molecule has 0 aromatic carbocycles. The molecule has 1 rings (SSSR count). The van der Waals surface area contributed by atoms with Crippen LogP contribution >= 0.6 is 9.95 Å².